The van der Waals surface area contributed by atoms with E-state index in [2.05, 4.69) is 28.9 Å². The summed E-state index contributed by atoms with van der Waals surface area (Å²) in [6, 6.07) is 2.07. The highest BCUT2D eigenvalue weighted by Crippen LogP contribution is 2.56. The first-order valence-electron chi connectivity index (χ1n) is 11.3. The predicted molar refractivity (Wildman–Crippen MR) is 117 cm³/mol. The van der Waals surface area contributed by atoms with Crippen LogP contribution in [0, 0.1) is 5.92 Å². The molecule has 3 fully saturated rings. The molecule has 0 aromatic carbocycles. The van der Waals surface area contributed by atoms with Crippen LogP contribution in [0.15, 0.2) is 17.1 Å². The van der Waals surface area contributed by atoms with Crippen molar-refractivity contribution in [1.82, 2.24) is 14.2 Å². The number of anilines is 1. The average Bonchev–Trinajstić information content (AvgIpc) is 3.29. The molecule has 1 aromatic heterocycles. The maximum absolute atomic E-state index is 12.6. The quantitative estimate of drug-likeness (QED) is 0.661. The number of carbonyl (C=O) groups is 1. The summed E-state index contributed by atoms with van der Waals surface area (Å²) in [7, 11) is 0.978. The van der Waals surface area contributed by atoms with Crippen molar-refractivity contribution in [3.8, 4) is 0 Å². The fraction of sp³-hybridized carbons (Fsp3) is 0.762. The van der Waals surface area contributed by atoms with Crippen LogP contribution in [0.4, 0.5) is 5.82 Å². The van der Waals surface area contributed by atoms with Crippen LogP contribution in [-0.4, -0.2) is 51.5 Å². The lowest BCUT2D eigenvalue weighted by molar-refractivity contribution is -0.118. The highest BCUT2D eigenvalue weighted by Gasteiger charge is 2.46. The number of likely N-dealkylation sites (N-methyl/N-ethyl adjacent to an activating group) is 1. The molecule has 3 heterocycles. The SMILES string of the molecule is CC[C@H]1O[C@@H](n2ccc(NC(=O)C(C)C)nc2=O)CC1O[P@@]1O[C@H]2CCCC[C@@H]2N1C. The van der Waals surface area contributed by atoms with Crippen LogP contribution in [-0.2, 0) is 18.6 Å². The maximum atomic E-state index is 12.6. The van der Waals surface area contributed by atoms with E-state index in [1.54, 1.807) is 26.1 Å². The summed E-state index contributed by atoms with van der Waals surface area (Å²) in [5.74, 6) is -0.109. The number of fused-ring (bicyclic) bond motifs is 1. The minimum atomic E-state index is -1.11. The third kappa shape index (κ3) is 4.86. The zero-order chi connectivity index (χ0) is 22.1. The van der Waals surface area contributed by atoms with Crippen LogP contribution in [0.3, 0.4) is 0 Å². The number of aromatic nitrogens is 2. The number of hydrogen-bond acceptors (Lipinski definition) is 7. The number of hydrogen-bond donors (Lipinski definition) is 1. The molecule has 31 heavy (non-hydrogen) atoms. The Balaban J connectivity index is 1.42. The summed E-state index contributed by atoms with van der Waals surface area (Å²) in [6.07, 6.45) is 7.25. The van der Waals surface area contributed by atoms with E-state index >= 15 is 0 Å². The van der Waals surface area contributed by atoms with Gasteiger partial charge in [0, 0.05) is 24.6 Å². The Labute approximate surface area is 184 Å². The molecule has 6 atom stereocenters. The zero-order valence-corrected chi connectivity index (χ0v) is 19.6. The molecule has 1 N–H and O–H groups in total. The van der Waals surface area contributed by atoms with Gasteiger partial charge in [-0.3, -0.25) is 9.36 Å². The van der Waals surface area contributed by atoms with Crippen molar-refractivity contribution in [3.05, 3.63) is 22.7 Å². The number of nitrogens with zero attached hydrogens (tertiary/aromatic N) is 3. The van der Waals surface area contributed by atoms with E-state index in [4.69, 9.17) is 13.8 Å². The number of amides is 1. The fourth-order valence-electron chi connectivity index (χ4n) is 4.47. The van der Waals surface area contributed by atoms with Gasteiger partial charge >= 0.3 is 5.69 Å². The van der Waals surface area contributed by atoms with Gasteiger partial charge in [0.05, 0.1) is 18.3 Å². The number of rotatable bonds is 6. The van der Waals surface area contributed by atoms with Crippen molar-refractivity contribution in [2.75, 3.05) is 12.4 Å². The second-order valence-electron chi connectivity index (χ2n) is 8.87. The van der Waals surface area contributed by atoms with Crippen LogP contribution in [0.2, 0.25) is 0 Å². The van der Waals surface area contributed by atoms with Gasteiger partial charge in [0.25, 0.3) is 8.53 Å². The Morgan fingerprint density at radius 2 is 2.16 bits per heavy atom. The second kappa shape index (κ2) is 9.63. The average molecular weight is 452 g/mol. The number of carbonyl (C=O) groups excluding carboxylic acids is 1. The van der Waals surface area contributed by atoms with Gasteiger partial charge in [0.15, 0.2) is 0 Å². The summed E-state index contributed by atoms with van der Waals surface area (Å²) in [5, 5.41) is 2.66. The molecule has 1 aromatic rings. The minimum Gasteiger partial charge on any atom is -0.352 e. The normalized spacial score (nSPS) is 33.6. The highest BCUT2D eigenvalue weighted by molar-refractivity contribution is 7.44. The van der Waals surface area contributed by atoms with Crippen LogP contribution in [0.1, 0.15) is 65.5 Å². The van der Waals surface area contributed by atoms with Gasteiger partial charge in [-0.25, -0.2) is 9.46 Å². The molecule has 3 aliphatic rings. The van der Waals surface area contributed by atoms with E-state index in [0.29, 0.717) is 12.5 Å². The van der Waals surface area contributed by atoms with Crippen LogP contribution < -0.4 is 11.0 Å². The van der Waals surface area contributed by atoms with Crippen molar-refractivity contribution in [2.45, 2.75) is 89.9 Å². The number of ether oxygens (including phenoxy) is 1. The molecule has 10 heteroatoms. The molecule has 0 spiro atoms. The zero-order valence-electron chi connectivity index (χ0n) is 18.7. The molecule has 2 aliphatic heterocycles. The van der Waals surface area contributed by atoms with Gasteiger partial charge < -0.3 is 19.1 Å². The molecule has 4 rings (SSSR count). The van der Waals surface area contributed by atoms with Gasteiger partial charge in [0.2, 0.25) is 5.91 Å². The van der Waals surface area contributed by atoms with Crippen molar-refractivity contribution >= 4 is 20.3 Å². The third-order valence-electron chi connectivity index (χ3n) is 6.36. The third-order valence-corrected chi connectivity index (χ3v) is 8.07. The highest BCUT2D eigenvalue weighted by atomic mass is 31.2. The molecule has 0 radical (unpaired) electrons. The van der Waals surface area contributed by atoms with Crippen LogP contribution in [0.5, 0.6) is 0 Å². The van der Waals surface area contributed by atoms with Gasteiger partial charge in [-0.2, -0.15) is 4.98 Å². The lowest BCUT2D eigenvalue weighted by Crippen LogP contribution is -2.34. The molecule has 1 unspecified atom stereocenters. The summed E-state index contributed by atoms with van der Waals surface area (Å²) >= 11 is 0. The summed E-state index contributed by atoms with van der Waals surface area (Å²) in [4.78, 5) is 28.5. The summed E-state index contributed by atoms with van der Waals surface area (Å²) < 4.78 is 22.6. The first-order chi connectivity index (χ1) is 14.9. The number of nitrogens with one attached hydrogen (secondary N) is 1. The largest absolute Gasteiger partial charge is 0.352 e. The molecule has 9 nitrogen and oxygen atoms in total. The molecule has 1 amide bonds. The Bertz CT molecular complexity index is 849. The minimum absolute atomic E-state index is 0.112. The first-order valence-corrected chi connectivity index (χ1v) is 12.4. The van der Waals surface area contributed by atoms with E-state index in [0.717, 1.165) is 19.3 Å². The molecular weight excluding hydrogens is 419 g/mol. The molecule has 0 bridgehead atoms. The second-order valence-corrected chi connectivity index (χ2v) is 10.4. The lowest BCUT2D eigenvalue weighted by Gasteiger charge is -2.27. The Morgan fingerprint density at radius 1 is 1.39 bits per heavy atom. The van der Waals surface area contributed by atoms with E-state index < -0.39 is 20.4 Å². The monoisotopic (exact) mass is 452 g/mol. The Hall–Kier alpha value is -1.38. The van der Waals surface area contributed by atoms with Gasteiger partial charge in [0.1, 0.15) is 12.0 Å². The predicted octanol–water partition coefficient (Wildman–Crippen LogP) is 3.42. The van der Waals surface area contributed by atoms with Gasteiger partial charge in [-0.05, 0) is 32.4 Å². The fourth-order valence-corrected chi connectivity index (χ4v) is 6.26. The molecule has 2 saturated heterocycles. The maximum Gasteiger partial charge on any atom is 0.351 e. The molecular formula is C21H33N4O5P. The summed E-state index contributed by atoms with van der Waals surface area (Å²) in [5.41, 5.74) is -0.451. The van der Waals surface area contributed by atoms with Gasteiger partial charge in [-0.1, -0.05) is 33.6 Å². The topological polar surface area (TPSA) is 94.9 Å². The molecule has 1 aliphatic carbocycles. The van der Waals surface area contributed by atoms with Crippen LogP contribution in [0.25, 0.3) is 0 Å². The van der Waals surface area contributed by atoms with Crippen LogP contribution >= 0.6 is 8.53 Å². The smallest absolute Gasteiger partial charge is 0.351 e. The van der Waals surface area contributed by atoms with Crippen molar-refractivity contribution in [2.24, 2.45) is 5.92 Å². The Morgan fingerprint density at radius 3 is 2.84 bits per heavy atom. The van der Waals surface area contributed by atoms with Crippen molar-refractivity contribution < 1.29 is 18.6 Å². The summed E-state index contributed by atoms with van der Waals surface area (Å²) in [6.45, 7) is 5.63. The lowest BCUT2D eigenvalue weighted by atomic mass is 9.93. The van der Waals surface area contributed by atoms with E-state index in [1.807, 2.05) is 0 Å². The standard InChI is InChI=1S/C21H33N4O5P/c1-5-15-17(30-31-24(4)14-8-6-7-9-16(14)29-31)12-19(28-15)25-11-10-18(23-21(25)27)22-20(26)13(2)3/h10-11,13-17,19H,5-9,12H2,1-4H3,(H,22,23,26,27)/t14-,15+,16-,17?,19+,31+/m0/s1. The van der Waals surface area contributed by atoms with Gasteiger partial charge in [-0.15, -0.1) is 0 Å². The van der Waals surface area contributed by atoms with E-state index in [1.165, 1.54) is 17.4 Å². The first kappa shape index (κ1) is 22.8. The van der Waals surface area contributed by atoms with Crippen molar-refractivity contribution in [1.29, 1.82) is 0 Å². The van der Waals surface area contributed by atoms with E-state index in [9.17, 15) is 9.59 Å². The Kier molecular flexibility index (Phi) is 7.08. The molecule has 172 valence electrons. The van der Waals surface area contributed by atoms with Crippen molar-refractivity contribution in [3.63, 3.8) is 0 Å². The van der Waals surface area contributed by atoms with E-state index in [-0.39, 0.29) is 36.0 Å². The molecule has 1 saturated carbocycles.